The minimum absolute atomic E-state index is 1.09. The van der Waals surface area contributed by atoms with Crippen LogP contribution in [0.15, 0.2) is 35.4 Å². The van der Waals surface area contributed by atoms with Crippen molar-refractivity contribution in [3.05, 3.63) is 40.4 Å². The zero-order chi connectivity index (χ0) is 8.93. The van der Waals surface area contributed by atoms with Gasteiger partial charge in [-0.2, -0.15) is 0 Å². The number of hydrogen-bond acceptors (Lipinski definition) is 2. The summed E-state index contributed by atoms with van der Waals surface area (Å²) in [6, 6.07) is 0. The Bertz CT molecular complexity index is 309. The Hall–Kier alpha value is -0.890. The summed E-state index contributed by atoms with van der Waals surface area (Å²) in [4.78, 5) is 4.27. The summed E-state index contributed by atoms with van der Waals surface area (Å²) in [7, 11) is 0. The molecule has 68 valence electrons. The van der Waals surface area contributed by atoms with Crippen molar-refractivity contribution < 1.29 is 0 Å². The minimum atomic E-state index is 1.09. The van der Waals surface area contributed by atoms with E-state index in [0.29, 0.717) is 0 Å². The number of allylic oxidation sites excluding steroid dienone is 4. The fourth-order valence-corrected chi connectivity index (χ4v) is 2.10. The molecule has 1 aliphatic rings. The zero-order valence-electron chi connectivity index (χ0n) is 7.57. The first kappa shape index (κ1) is 8.70. The number of thiazole rings is 1. The summed E-state index contributed by atoms with van der Waals surface area (Å²) < 4.78 is 0. The first-order chi connectivity index (χ1) is 6.45. The van der Waals surface area contributed by atoms with Crippen molar-refractivity contribution in [3.8, 4) is 0 Å². The SMILES string of the molecule is C1=CC(CCc2nccs2)=CCC1. The number of nitrogens with zero attached hydrogens (tertiary/aromatic N) is 1. The van der Waals surface area contributed by atoms with E-state index in [1.165, 1.54) is 23.4 Å². The van der Waals surface area contributed by atoms with Crippen LogP contribution in [0.2, 0.25) is 0 Å². The summed E-state index contributed by atoms with van der Waals surface area (Å²) in [6.45, 7) is 0. The van der Waals surface area contributed by atoms with E-state index in [9.17, 15) is 0 Å². The van der Waals surface area contributed by atoms with Gasteiger partial charge in [-0.1, -0.05) is 23.8 Å². The maximum Gasteiger partial charge on any atom is 0.0928 e. The molecule has 0 bridgehead atoms. The third-order valence-electron chi connectivity index (χ3n) is 2.18. The summed E-state index contributed by atoms with van der Waals surface area (Å²) in [5.41, 5.74) is 1.47. The molecule has 2 rings (SSSR count). The van der Waals surface area contributed by atoms with Crippen molar-refractivity contribution in [2.45, 2.75) is 25.7 Å². The molecule has 1 nitrogen and oxygen atoms in total. The number of aromatic nitrogens is 1. The molecule has 0 saturated carbocycles. The summed E-state index contributed by atoms with van der Waals surface area (Å²) in [5, 5.41) is 3.29. The Labute approximate surface area is 82.8 Å². The van der Waals surface area contributed by atoms with Crippen molar-refractivity contribution in [1.82, 2.24) is 4.98 Å². The molecular formula is C11H13NS. The highest BCUT2D eigenvalue weighted by Gasteiger charge is 1.99. The predicted octanol–water partition coefficient (Wildman–Crippen LogP) is 3.35. The average Bonchev–Trinajstić information content (AvgIpc) is 2.69. The molecule has 13 heavy (non-hydrogen) atoms. The van der Waals surface area contributed by atoms with Crippen LogP contribution in [0.3, 0.4) is 0 Å². The van der Waals surface area contributed by atoms with Gasteiger partial charge in [0, 0.05) is 18.0 Å². The second-order valence-corrected chi connectivity index (χ2v) is 4.16. The Balaban J connectivity index is 1.86. The molecule has 0 aromatic carbocycles. The van der Waals surface area contributed by atoms with Crippen LogP contribution >= 0.6 is 11.3 Å². The normalized spacial score (nSPS) is 15.8. The Kier molecular flexibility index (Phi) is 2.93. The molecule has 0 amide bonds. The average molecular weight is 191 g/mol. The molecule has 0 fully saturated rings. The topological polar surface area (TPSA) is 12.9 Å². The van der Waals surface area contributed by atoms with Crippen LogP contribution < -0.4 is 0 Å². The zero-order valence-corrected chi connectivity index (χ0v) is 8.39. The van der Waals surface area contributed by atoms with Gasteiger partial charge in [0.1, 0.15) is 0 Å². The van der Waals surface area contributed by atoms with Crippen molar-refractivity contribution >= 4 is 11.3 Å². The van der Waals surface area contributed by atoms with Crippen LogP contribution in [-0.2, 0) is 6.42 Å². The van der Waals surface area contributed by atoms with Gasteiger partial charge in [0.15, 0.2) is 0 Å². The van der Waals surface area contributed by atoms with Crippen LogP contribution in [0.25, 0.3) is 0 Å². The molecule has 1 aliphatic carbocycles. The van der Waals surface area contributed by atoms with Crippen molar-refractivity contribution in [2.75, 3.05) is 0 Å². The molecule has 0 atom stereocenters. The van der Waals surface area contributed by atoms with Crippen molar-refractivity contribution in [3.63, 3.8) is 0 Å². The largest absolute Gasteiger partial charge is 0.250 e. The van der Waals surface area contributed by atoms with E-state index in [0.717, 1.165) is 12.8 Å². The van der Waals surface area contributed by atoms with Gasteiger partial charge in [0.25, 0.3) is 0 Å². The van der Waals surface area contributed by atoms with Gasteiger partial charge < -0.3 is 0 Å². The van der Waals surface area contributed by atoms with Crippen LogP contribution in [0.5, 0.6) is 0 Å². The minimum Gasteiger partial charge on any atom is -0.250 e. The molecule has 0 unspecified atom stereocenters. The van der Waals surface area contributed by atoms with Gasteiger partial charge in [0.2, 0.25) is 0 Å². The second-order valence-electron chi connectivity index (χ2n) is 3.18. The lowest BCUT2D eigenvalue weighted by molar-refractivity contribution is 0.911. The predicted molar refractivity (Wildman–Crippen MR) is 56.9 cm³/mol. The number of hydrogen-bond donors (Lipinski definition) is 0. The monoisotopic (exact) mass is 191 g/mol. The Morgan fingerprint density at radius 3 is 3.00 bits per heavy atom. The smallest absolute Gasteiger partial charge is 0.0928 e. The molecule has 1 heterocycles. The maximum atomic E-state index is 4.27. The van der Waals surface area contributed by atoms with Crippen LogP contribution in [0.1, 0.15) is 24.3 Å². The fourth-order valence-electron chi connectivity index (χ4n) is 1.48. The van der Waals surface area contributed by atoms with E-state index in [-0.39, 0.29) is 0 Å². The summed E-state index contributed by atoms with van der Waals surface area (Å²) >= 11 is 1.75. The van der Waals surface area contributed by atoms with Gasteiger partial charge in [-0.05, 0) is 19.3 Å². The van der Waals surface area contributed by atoms with E-state index in [4.69, 9.17) is 0 Å². The van der Waals surface area contributed by atoms with Crippen LogP contribution in [-0.4, -0.2) is 4.98 Å². The highest BCUT2D eigenvalue weighted by molar-refractivity contribution is 7.09. The first-order valence-electron chi connectivity index (χ1n) is 4.69. The van der Waals surface area contributed by atoms with E-state index in [2.05, 4.69) is 23.2 Å². The molecule has 0 aliphatic heterocycles. The van der Waals surface area contributed by atoms with Crippen molar-refractivity contribution in [2.24, 2.45) is 0 Å². The van der Waals surface area contributed by atoms with Crippen LogP contribution in [0.4, 0.5) is 0 Å². The lowest BCUT2D eigenvalue weighted by Crippen LogP contribution is -1.89. The Morgan fingerprint density at radius 1 is 1.31 bits per heavy atom. The highest BCUT2D eigenvalue weighted by atomic mass is 32.1. The number of rotatable bonds is 3. The highest BCUT2D eigenvalue weighted by Crippen LogP contribution is 2.16. The van der Waals surface area contributed by atoms with Gasteiger partial charge in [-0.25, -0.2) is 4.98 Å². The molecule has 0 spiro atoms. The second kappa shape index (κ2) is 4.38. The third-order valence-corrected chi connectivity index (χ3v) is 3.02. The summed E-state index contributed by atoms with van der Waals surface area (Å²) in [5.74, 6) is 0. The molecule has 1 aromatic heterocycles. The van der Waals surface area contributed by atoms with E-state index in [1.54, 1.807) is 11.3 Å². The van der Waals surface area contributed by atoms with Gasteiger partial charge in [0.05, 0.1) is 5.01 Å². The third kappa shape index (κ3) is 2.52. The fraction of sp³-hybridized carbons (Fsp3) is 0.364. The standard InChI is InChI=1S/C11H13NS/c1-2-4-10(5-3-1)6-7-11-12-8-9-13-11/h2,4-5,8-9H,1,3,6-7H2. The van der Waals surface area contributed by atoms with Gasteiger partial charge in [-0.15, -0.1) is 11.3 Å². The molecular weight excluding hydrogens is 178 g/mol. The van der Waals surface area contributed by atoms with E-state index < -0.39 is 0 Å². The lowest BCUT2D eigenvalue weighted by atomic mass is 10.0. The summed E-state index contributed by atoms with van der Waals surface area (Å²) in [6.07, 6.45) is 13.4. The van der Waals surface area contributed by atoms with Crippen LogP contribution in [0, 0.1) is 0 Å². The van der Waals surface area contributed by atoms with E-state index >= 15 is 0 Å². The van der Waals surface area contributed by atoms with Gasteiger partial charge in [-0.3, -0.25) is 0 Å². The quantitative estimate of drug-likeness (QED) is 0.714. The van der Waals surface area contributed by atoms with Crippen molar-refractivity contribution in [1.29, 1.82) is 0 Å². The molecule has 2 heteroatoms. The van der Waals surface area contributed by atoms with E-state index in [1.807, 2.05) is 11.6 Å². The molecule has 0 N–H and O–H groups in total. The lowest BCUT2D eigenvalue weighted by Gasteiger charge is -2.04. The Morgan fingerprint density at radius 2 is 2.31 bits per heavy atom. The van der Waals surface area contributed by atoms with Gasteiger partial charge >= 0.3 is 0 Å². The maximum absolute atomic E-state index is 4.27. The molecule has 0 radical (unpaired) electrons. The molecule has 1 aromatic rings. The number of aryl methyl sites for hydroxylation is 1. The first-order valence-corrected chi connectivity index (χ1v) is 5.57. The molecule has 0 saturated heterocycles.